The van der Waals surface area contributed by atoms with E-state index in [1.54, 1.807) is 29.2 Å². The van der Waals surface area contributed by atoms with Crippen LogP contribution in [0.5, 0.6) is 0 Å². The summed E-state index contributed by atoms with van der Waals surface area (Å²) in [6.45, 7) is 0. The first kappa shape index (κ1) is 9.48. The van der Waals surface area contributed by atoms with Gasteiger partial charge in [-0.05, 0) is 28.1 Å². The Morgan fingerprint density at radius 3 is 2.86 bits per heavy atom. The fraction of sp³-hybridized carbons (Fsp3) is 0. The van der Waals surface area contributed by atoms with Gasteiger partial charge in [0.1, 0.15) is 5.15 Å². The van der Waals surface area contributed by atoms with E-state index in [0.717, 1.165) is 4.47 Å². The molecule has 0 aliphatic heterocycles. The zero-order valence-electron chi connectivity index (χ0n) is 6.98. The minimum absolute atomic E-state index is 0.390. The molecule has 4 nitrogen and oxygen atoms in total. The van der Waals surface area contributed by atoms with E-state index in [1.807, 2.05) is 0 Å². The van der Waals surface area contributed by atoms with Gasteiger partial charge in [0.2, 0.25) is 0 Å². The van der Waals surface area contributed by atoms with Gasteiger partial charge in [0.15, 0.2) is 5.82 Å². The van der Waals surface area contributed by atoms with Crippen LogP contribution in [0.1, 0.15) is 0 Å². The van der Waals surface area contributed by atoms with E-state index in [-0.39, 0.29) is 0 Å². The molecule has 2 N–H and O–H groups in total. The molecular weight excluding hydrogens is 267 g/mol. The molecule has 0 radical (unpaired) electrons. The molecule has 0 saturated carbocycles. The van der Waals surface area contributed by atoms with Gasteiger partial charge in [0.25, 0.3) is 0 Å². The quantitative estimate of drug-likeness (QED) is 0.811. The fourth-order valence-electron chi connectivity index (χ4n) is 1.04. The van der Waals surface area contributed by atoms with Crippen LogP contribution in [0.3, 0.4) is 0 Å². The molecule has 2 rings (SSSR count). The number of nitrogens with zero attached hydrogens (tertiary/aromatic N) is 3. The first-order chi connectivity index (χ1) is 6.66. The lowest BCUT2D eigenvalue weighted by atomic mass is 10.4. The van der Waals surface area contributed by atoms with E-state index >= 15 is 0 Å². The van der Waals surface area contributed by atoms with E-state index in [4.69, 9.17) is 17.3 Å². The topological polar surface area (TPSA) is 56.7 Å². The highest BCUT2D eigenvalue weighted by Gasteiger charge is 2.05. The molecule has 0 fully saturated rings. The molecule has 0 aliphatic carbocycles. The average Bonchev–Trinajstić information content (AvgIpc) is 2.56. The molecule has 0 amide bonds. The van der Waals surface area contributed by atoms with Crippen molar-refractivity contribution in [2.45, 2.75) is 0 Å². The third kappa shape index (κ3) is 1.73. The molecule has 0 atom stereocenters. The maximum Gasteiger partial charge on any atom is 0.178 e. The number of nitrogen functional groups attached to an aromatic ring is 1. The lowest BCUT2D eigenvalue weighted by Gasteiger charge is -2.03. The Hall–Kier alpha value is -1.07. The number of aromatic nitrogens is 3. The maximum absolute atomic E-state index is 5.75. The van der Waals surface area contributed by atoms with Crippen molar-refractivity contribution < 1.29 is 0 Å². The second-order valence-electron chi connectivity index (χ2n) is 2.65. The number of halogens is 2. The zero-order chi connectivity index (χ0) is 10.1. The van der Waals surface area contributed by atoms with Gasteiger partial charge < -0.3 is 5.73 Å². The predicted octanol–water partition coefficient (Wildman–Crippen LogP) is 2.27. The number of pyridine rings is 1. The molecule has 2 heterocycles. The summed E-state index contributed by atoms with van der Waals surface area (Å²) in [6, 6.07) is 3.33. The van der Waals surface area contributed by atoms with Gasteiger partial charge >= 0.3 is 0 Å². The summed E-state index contributed by atoms with van der Waals surface area (Å²) >= 11 is 9.04. The van der Waals surface area contributed by atoms with Crippen LogP contribution in [0.25, 0.3) is 5.82 Å². The van der Waals surface area contributed by atoms with Crippen LogP contribution < -0.4 is 5.73 Å². The Bertz CT molecular complexity index is 468. The number of hydrogen-bond donors (Lipinski definition) is 1. The van der Waals surface area contributed by atoms with Gasteiger partial charge in [-0.25, -0.2) is 9.67 Å². The largest absolute Gasteiger partial charge is 0.396 e. The van der Waals surface area contributed by atoms with Gasteiger partial charge in [-0.3, -0.25) is 0 Å². The van der Waals surface area contributed by atoms with Gasteiger partial charge in [0.05, 0.1) is 16.4 Å². The molecule has 0 bridgehead atoms. The highest BCUT2D eigenvalue weighted by Crippen LogP contribution is 2.18. The summed E-state index contributed by atoms with van der Waals surface area (Å²) in [5, 5.41) is 4.45. The molecule has 0 saturated heterocycles. The molecule has 0 spiro atoms. The van der Waals surface area contributed by atoms with Crippen LogP contribution in [-0.4, -0.2) is 14.8 Å². The Balaban J connectivity index is 2.55. The van der Waals surface area contributed by atoms with Gasteiger partial charge in [0, 0.05) is 6.20 Å². The predicted molar refractivity (Wildman–Crippen MR) is 58.5 cm³/mol. The van der Waals surface area contributed by atoms with Crippen molar-refractivity contribution in [3.63, 3.8) is 0 Å². The second-order valence-corrected chi connectivity index (χ2v) is 3.95. The third-order valence-electron chi connectivity index (χ3n) is 1.64. The second kappa shape index (κ2) is 3.59. The van der Waals surface area contributed by atoms with Crippen LogP contribution in [0.4, 0.5) is 5.69 Å². The third-order valence-corrected chi connectivity index (χ3v) is 2.26. The van der Waals surface area contributed by atoms with Gasteiger partial charge in [-0.15, -0.1) is 0 Å². The van der Waals surface area contributed by atoms with Crippen molar-refractivity contribution in [2.75, 3.05) is 5.73 Å². The lowest BCUT2D eigenvalue weighted by Crippen LogP contribution is -2.02. The zero-order valence-corrected chi connectivity index (χ0v) is 9.33. The van der Waals surface area contributed by atoms with Crippen molar-refractivity contribution in [3.05, 3.63) is 34.2 Å². The van der Waals surface area contributed by atoms with Crippen molar-refractivity contribution in [1.82, 2.24) is 14.8 Å². The van der Waals surface area contributed by atoms with Crippen LogP contribution in [0.2, 0.25) is 5.15 Å². The molecule has 14 heavy (non-hydrogen) atoms. The van der Waals surface area contributed by atoms with Crippen molar-refractivity contribution in [1.29, 1.82) is 0 Å². The first-order valence-corrected chi connectivity index (χ1v) is 4.96. The number of anilines is 1. The monoisotopic (exact) mass is 272 g/mol. The summed E-state index contributed by atoms with van der Waals surface area (Å²) in [7, 11) is 0. The fourth-order valence-corrected chi connectivity index (χ4v) is 1.46. The number of rotatable bonds is 1. The molecular formula is C8H6BrClN4. The number of nitrogens with two attached hydrogens (primary N) is 1. The molecule has 72 valence electrons. The Kier molecular flexibility index (Phi) is 2.43. The molecule has 0 aliphatic rings. The van der Waals surface area contributed by atoms with Crippen LogP contribution in [0.15, 0.2) is 29.0 Å². The Morgan fingerprint density at radius 2 is 2.21 bits per heavy atom. The summed E-state index contributed by atoms with van der Waals surface area (Å²) in [4.78, 5) is 4.08. The normalized spacial score (nSPS) is 10.4. The van der Waals surface area contributed by atoms with E-state index in [1.165, 1.54) is 0 Å². The molecule has 2 aromatic rings. The van der Waals surface area contributed by atoms with E-state index in [0.29, 0.717) is 16.7 Å². The Labute approximate surface area is 93.8 Å². The molecule has 0 unspecified atom stereocenters. The highest BCUT2D eigenvalue weighted by molar-refractivity contribution is 9.10. The van der Waals surface area contributed by atoms with Crippen LogP contribution >= 0.6 is 27.5 Å². The maximum atomic E-state index is 5.75. The van der Waals surface area contributed by atoms with E-state index < -0.39 is 0 Å². The minimum Gasteiger partial charge on any atom is -0.396 e. The lowest BCUT2D eigenvalue weighted by molar-refractivity contribution is 0.850. The number of hydrogen-bond acceptors (Lipinski definition) is 3. The SMILES string of the molecule is Nc1ccc(Cl)nc1-n1cc(Br)cn1. The van der Waals surface area contributed by atoms with Gasteiger partial charge in [-0.2, -0.15) is 5.10 Å². The summed E-state index contributed by atoms with van der Waals surface area (Å²) in [5.74, 6) is 0.531. The van der Waals surface area contributed by atoms with Crippen LogP contribution in [0, 0.1) is 0 Å². The van der Waals surface area contributed by atoms with Crippen LogP contribution in [-0.2, 0) is 0 Å². The van der Waals surface area contributed by atoms with Crippen molar-refractivity contribution >= 4 is 33.2 Å². The van der Waals surface area contributed by atoms with Crippen molar-refractivity contribution in [2.24, 2.45) is 0 Å². The summed E-state index contributed by atoms with van der Waals surface area (Å²) < 4.78 is 2.42. The molecule has 2 aromatic heterocycles. The smallest absolute Gasteiger partial charge is 0.178 e. The average molecular weight is 274 g/mol. The summed E-state index contributed by atoms with van der Waals surface area (Å²) in [5.41, 5.74) is 6.27. The van der Waals surface area contributed by atoms with E-state index in [2.05, 4.69) is 26.0 Å². The molecule has 6 heteroatoms. The first-order valence-electron chi connectivity index (χ1n) is 3.79. The summed E-state index contributed by atoms with van der Waals surface area (Å²) in [6.07, 6.45) is 3.41. The van der Waals surface area contributed by atoms with Gasteiger partial charge in [-0.1, -0.05) is 11.6 Å². The van der Waals surface area contributed by atoms with E-state index in [9.17, 15) is 0 Å². The highest BCUT2D eigenvalue weighted by atomic mass is 79.9. The van der Waals surface area contributed by atoms with Crippen molar-refractivity contribution in [3.8, 4) is 5.82 Å². The minimum atomic E-state index is 0.390. The standard InChI is InChI=1S/C8H6BrClN4/c9-5-3-12-14(4-5)8-6(11)1-2-7(10)13-8/h1-4H,11H2. The Morgan fingerprint density at radius 1 is 1.43 bits per heavy atom. The molecule has 0 aromatic carbocycles.